The number of amides is 1. The van der Waals surface area contributed by atoms with E-state index in [4.69, 9.17) is 26.4 Å². The molecule has 1 aliphatic rings. The minimum Gasteiger partial charge on any atom is -0.496 e. The van der Waals surface area contributed by atoms with E-state index in [0.717, 1.165) is 0 Å². The van der Waals surface area contributed by atoms with Gasteiger partial charge >= 0.3 is 0 Å². The zero-order valence-electron chi connectivity index (χ0n) is 19.6. The topological polar surface area (TPSA) is 103 Å². The number of para-hydroxylation sites is 2. The van der Waals surface area contributed by atoms with Gasteiger partial charge in [-0.1, -0.05) is 24.3 Å². The van der Waals surface area contributed by atoms with E-state index in [0.29, 0.717) is 46.4 Å². The van der Waals surface area contributed by atoms with Crippen LogP contribution in [0, 0.1) is 10.1 Å². The first-order chi connectivity index (χ1) is 17.4. The van der Waals surface area contributed by atoms with Crippen molar-refractivity contribution in [2.45, 2.75) is 13.5 Å². The summed E-state index contributed by atoms with van der Waals surface area (Å²) in [5.41, 5.74) is 2.22. The Morgan fingerprint density at radius 2 is 1.86 bits per heavy atom. The van der Waals surface area contributed by atoms with Gasteiger partial charge < -0.3 is 19.5 Å². The highest BCUT2D eigenvalue weighted by Gasteiger charge is 2.33. The molecule has 0 atom stereocenters. The standard InChI is InChI=1S/C26H23N3O6S/c1-3-34-24-10-5-4-9-22(24)28-25(30)21(27-26(28)36)14-17-11-12-23(33-2)18(13-17)16-35-20-8-6-7-19(15-20)29(31)32/h4-15H,3,16H2,1-2H3,(H,27,36)/b21-14+. The first-order valence-electron chi connectivity index (χ1n) is 11.0. The molecule has 10 heteroatoms. The van der Waals surface area contributed by atoms with Crippen molar-refractivity contribution in [1.29, 1.82) is 0 Å². The molecule has 3 aromatic rings. The fraction of sp³-hybridized carbons (Fsp3) is 0.154. The predicted molar refractivity (Wildman–Crippen MR) is 139 cm³/mol. The van der Waals surface area contributed by atoms with E-state index in [-0.39, 0.29) is 23.3 Å². The lowest BCUT2D eigenvalue weighted by Gasteiger charge is -2.18. The molecule has 1 N–H and O–H groups in total. The van der Waals surface area contributed by atoms with E-state index in [1.165, 1.54) is 17.0 Å². The fourth-order valence-electron chi connectivity index (χ4n) is 3.69. The molecule has 1 amide bonds. The zero-order valence-corrected chi connectivity index (χ0v) is 20.4. The van der Waals surface area contributed by atoms with E-state index in [9.17, 15) is 14.9 Å². The molecule has 0 spiro atoms. The summed E-state index contributed by atoms with van der Waals surface area (Å²) in [6, 6.07) is 18.5. The summed E-state index contributed by atoms with van der Waals surface area (Å²) in [6.07, 6.45) is 1.69. The highest BCUT2D eigenvalue weighted by atomic mass is 32.1. The molecule has 36 heavy (non-hydrogen) atoms. The quantitative estimate of drug-likeness (QED) is 0.191. The Kier molecular flexibility index (Phi) is 7.45. The molecule has 0 radical (unpaired) electrons. The van der Waals surface area contributed by atoms with Crippen LogP contribution in [0.3, 0.4) is 0 Å². The maximum absolute atomic E-state index is 13.2. The Balaban J connectivity index is 1.57. The molecule has 0 aromatic heterocycles. The van der Waals surface area contributed by atoms with Crippen LogP contribution in [0.2, 0.25) is 0 Å². The number of nitrogens with one attached hydrogen (secondary N) is 1. The maximum atomic E-state index is 13.2. The van der Waals surface area contributed by atoms with Crippen molar-refractivity contribution in [3.8, 4) is 17.2 Å². The molecule has 0 bridgehead atoms. The molecule has 0 aliphatic carbocycles. The van der Waals surface area contributed by atoms with Crippen molar-refractivity contribution in [3.63, 3.8) is 0 Å². The van der Waals surface area contributed by atoms with Gasteiger partial charge in [0.25, 0.3) is 11.6 Å². The van der Waals surface area contributed by atoms with Crippen molar-refractivity contribution in [3.05, 3.63) is 93.7 Å². The number of nitrogens with zero attached hydrogens (tertiary/aromatic N) is 2. The number of hydrogen-bond donors (Lipinski definition) is 1. The molecular weight excluding hydrogens is 482 g/mol. The van der Waals surface area contributed by atoms with Crippen LogP contribution in [0.25, 0.3) is 6.08 Å². The lowest BCUT2D eigenvalue weighted by molar-refractivity contribution is -0.384. The van der Waals surface area contributed by atoms with Gasteiger partial charge in [-0.15, -0.1) is 0 Å². The van der Waals surface area contributed by atoms with Gasteiger partial charge in [0.1, 0.15) is 29.6 Å². The number of thiocarbonyl (C=S) groups is 1. The summed E-state index contributed by atoms with van der Waals surface area (Å²) in [7, 11) is 1.54. The number of methoxy groups -OCH3 is 1. The van der Waals surface area contributed by atoms with Crippen molar-refractivity contribution >= 4 is 40.7 Å². The Bertz CT molecular complexity index is 1360. The molecule has 1 saturated heterocycles. The number of ether oxygens (including phenoxy) is 3. The third-order valence-electron chi connectivity index (χ3n) is 5.32. The van der Waals surface area contributed by atoms with Crippen LogP contribution >= 0.6 is 12.2 Å². The smallest absolute Gasteiger partial charge is 0.281 e. The summed E-state index contributed by atoms with van der Waals surface area (Å²) in [6.45, 7) is 2.43. The molecule has 1 heterocycles. The lowest BCUT2D eigenvalue weighted by atomic mass is 10.1. The van der Waals surface area contributed by atoms with Gasteiger partial charge in [0.05, 0.1) is 30.4 Å². The summed E-state index contributed by atoms with van der Waals surface area (Å²) in [5, 5.41) is 14.3. The number of rotatable bonds is 9. The molecule has 4 rings (SSSR count). The number of anilines is 1. The average molecular weight is 506 g/mol. The molecule has 9 nitrogen and oxygen atoms in total. The highest BCUT2D eigenvalue weighted by molar-refractivity contribution is 7.80. The van der Waals surface area contributed by atoms with Gasteiger partial charge in [-0.25, -0.2) is 4.90 Å². The molecule has 1 fully saturated rings. The number of benzene rings is 3. The van der Waals surface area contributed by atoms with Crippen LogP contribution in [-0.4, -0.2) is 29.7 Å². The first kappa shape index (κ1) is 24.7. The molecule has 184 valence electrons. The average Bonchev–Trinajstić information content (AvgIpc) is 3.15. The first-order valence-corrected chi connectivity index (χ1v) is 11.4. The van der Waals surface area contributed by atoms with E-state index >= 15 is 0 Å². The van der Waals surface area contributed by atoms with Gasteiger partial charge in [0.15, 0.2) is 5.11 Å². The number of nitro groups is 1. The van der Waals surface area contributed by atoms with Gasteiger partial charge in [0, 0.05) is 11.6 Å². The normalized spacial score (nSPS) is 14.1. The second-order valence-corrected chi connectivity index (χ2v) is 8.03. The third kappa shape index (κ3) is 5.28. The number of carbonyl (C=O) groups is 1. The van der Waals surface area contributed by atoms with Crippen LogP contribution in [0.4, 0.5) is 11.4 Å². The molecule has 0 unspecified atom stereocenters. The van der Waals surface area contributed by atoms with Crippen molar-refractivity contribution in [2.75, 3.05) is 18.6 Å². The Labute approximate surface area is 213 Å². The number of carbonyl (C=O) groups excluding carboxylic acids is 1. The summed E-state index contributed by atoms with van der Waals surface area (Å²) >= 11 is 5.44. The maximum Gasteiger partial charge on any atom is 0.281 e. The van der Waals surface area contributed by atoms with Crippen molar-refractivity contribution in [1.82, 2.24) is 5.32 Å². The second-order valence-electron chi connectivity index (χ2n) is 7.64. The van der Waals surface area contributed by atoms with Crippen molar-refractivity contribution < 1.29 is 23.9 Å². The van der Waals surface area contributed by atoms with E-state index in [2.05, 4.69) is 5.32 Å². The minimum absolute atomic E-state index is 0.0600. The molecule has 3 aromatic carbocycles. The molecule has 1 aliphatic heterocycles. The number of hydrogen-bond acceptors (Lipinski definition) is 7. The monoisotopic (exact) mass is 505 g/mol. The van der Waals surface area contributed by atoms with Crippen LogP contribution < -0.4 is 24.4 Å². The Hall–Kier alpha value is -4.44. The zero-order chi connectivity index (χ0) is 25.7. The van der Waals surface area contributed by atoms with E-state index in [1.807, 2.05) is 25.1 Å². The third-order valence-corrected chi connectivity index (χ3v) is 5.61. The van der Waals surface area contributed by atoms with E-state index < -0.39 is 4.92 Å². The Morgan fingerprint density at radius 3 is 2.61 bits per heavy atom. The molecular formula is C26H23N3O6S. The summed E-state index contributed by atoms with van der Waals surface area (Å²) in [4.78, 5) is 25.2. The van der Waals surface area contributed by atoms with Crippen LogP contribution in [0.5, 0.6) is 17.2 Å². The van der Waals surface area contributed by atoms with Gasteiger partial charge in [-0.2, -0.15) is 0 Å². The van der Waals surface area contributed by atoms with Crippen LogP contribution in [0.1, 0.15) is 18.1 Å². The van der Waals surface area contributed by atoms with Crippen molar-refractivity contribution in [2.24, 2.45) is 0 Å². The Morgan fingerprint density at radius 1 is 1.06 bits per heavy atom. The second kappa shape index (κ2) is 10.9. The lowest BCUT2D eigenvalue weighted by Crippen LogP contribution is -2.30. The van der Waals surface area contributed by atoms with Gasteiger partial charge in [0.2, 0.25) is 0 Å². The predicted octanol–water partition coefficient (Wildman–Crippen LogP) is 4.84. The summed E-state index contributed by atoms with van der Waals surface area (Å²) in [5.74, 6) is 1.19. The molecule has 0 saturated carbocycles. The number of non-ortho nitro benzene ring substituents is 1. The van der Waals surface area contributed by atoms with Crippen LogP contribution in [-0.2, 0) is 11.4 Å². The SMILES string of the molecule is CCOc1ccccc1N1C(=O)/C(=C\c2ccc(OC)c(COc3cccc([N+](=O)[O-])c3)c2)NC1=S. The van der Waals surface area contributed by atoms with E-state index in [1.54, 1.807) is 49.6 Å². The largest absolute Gasteiger partial charge is 0.496 e. The van der Waals surface area contributed by atoms with Crippen LogP contribution in [0.15, 0.2) is 72.4 Å². The summed E-state index contributed by atoms with van der Waals surface area (Å²) < 4.78 is 16.9. The minimum atomic E-state index is -0.480. The van der Waals surface area contributed by atoms with Gasteiger partial charge in [-0.05, 0) is 61.1 Å². The highest BCUT2D eigenvalue weighted by Crippen LogP contribution is 2.32. The number of nitro benzene ring substituents is 1. The van der Waals surface area contributed by atoms with Gasteiger partial charge in [-0.3, -0.25) is 14.9 Å². The fourth-order valence-corrected chi connectivity index (χ4v) is 3.98.